The molecule has 0 aliphatic heterocycles. The summed E-state index contributed by atoms with van der Waals surface area (Å²) in [5, 5.41) is 0. The van der Waals surface area contributed by atoms with Gasteiger partial charge >= 0.3 is 0 Å². The molecule has 1 aliphatic carbocycles. The first-order valence-corrected chi connectivity index (χ1v) is 4.13. The fraction of sp³-hybridized carbons (Fsp3) is 0.875. The third kappa shape index (κ3) is 1.86. The van der Waals surface area contributed by atoms with Crippen LogP contribution in [-0.4, -0.2) is 4.87 Å². The molecule has 0 aromatic heterocycles. The van der Waals surface area contributed by atoms with E-state index in [-0.39, 0.29) is 4.87 Å². The van der Waals surface area contributed by atoms with E-state index < -0.39 is 0 Å². The van der Waals surface area contributed by atoms with Crippen molar-refractivity contribution in [2.75, 3.05) is 0 Å². The van der Waals surface area contributed by atoms with Crippen LogP contribution < -0.4 is 0 Å². The molecule has 0 atom stereocenters. The van der Waals surface area contributed by atoms with Gasteiger partial charge in [-0.05, 0) is 19.3 Å². The lowest BCUT2D eigenvalue weighted by Gasteiger charge is -2.29. The van der Waals surface area contributed by atoms with E-state index in [1.165, 1.54) is 32.1 Å². The summed E-state index contributed by atoms with van der Waals surface area (Å²) >= 11 is 6.20. The summed E-state index contributed by atoms with van der Waals surface area (Å²) in [7, 11) is 0. The maximum atomic E-state index is 6.20. The molecule has 0 unspecified atom stereocenters. The highest BCUT2D eigenvalue weighted by Gasteiger charge is 2.26. The molecule has 1 saturated carbocycles. The van der Waals surface area contributed by atoms with Crippen LogP contribution in [0.3, 0.4) is 0 Å². The van der Waals surface area contributed by atoms with Gasteiger partial charge < -0.3 is 0 Å². The molecule has 1 radical (unpaired) electrons. The number of alkyl halides is 1. The minimum atomic E-state index is 0.0816. The van der Waals surface area contributed by atoms with Crippen LogP contribution in [0, 0.1) is 6.92 Å². The standard InChI is InChI=1S/C8H14Cl/c1-2-8(9)6-4-3-5-7-8/h1-7H2. The van der Waals surface area contributed by atoms with Crippen LogP contribution in [0.1, 0.15) is 38.5 Å². The SMILES string of the molecule is [CH2]CC1(Cl)CCCCC1. The second-order valence-electron chi connectivity index (χ2n) is 2.96. The van der Waals surface area contributed by atoms with E-state index in [0.717, 1.165) is 6.42 Å². The van der Waals surface area contributed by atoms with Crippen molar-refractivity contribution in [2.24, 2.45) is 0 Å². The summed E-state index contributed by atoms with van der Waals surface area (Å²) in [4.78, 5) is 0.0816. The molecular weight excluding hydrogens is 132 g/mol. The topological polar surface area (TPSA) is 0 Å². The molecule has 1 fully saturated rings. The molecule has 0 aromatic rings. The fourth-order valence-electron chi connectivity index (χ4n) is 1.44. The zero-order valence-corrected chi connectivity index (χ0v) is 6.58. The first kappa shape index (κ1) is 7.40. The minimum absolute atomic E-state index is 0.0816. The molecule has 1 aliphatic rings. The van der Waals surface area contributed by atoms with E-state index in [0.29, 0.717) is 0 Å². The monoisotopic (exact) mass is 145 g/mol. The Morgan fingerprint density at radius 2 is 1.78 bits per heavy atom. The van der Waals surface area contributed by atoms with Crippen LogP contribution in [0.2, 0.25) is 0 Å². The van der Waals surface area contributed by atoms with Crippen LogP contribution in [0.4, 0.5) is 0 Å². The molecule has 0 bridgehead atoms. The second kappa shape index (κ2) is 2.92. The van der Waals surface area contributed by atoms with Gasteiger partial charge in [-0.15, -0.1) is 11.6 Å². The summed E-state index contributed by atoms with van der Waals surface area (Å²) < 4.78 is 0. The predicted molar refractivity (Wildman–Crippen MR) is 41.6 cm³/mol. The molecule has 0 N–H and O–H groups in total. The number of rotatable bonds is 1. The Morgan fingerprint density at radius 3 is 2.11 bits per heavy atom. The van der Waals surface area contributed by atoms with Crippen molar-refractivity contribution in [2.45, 2.75) is 43.4 Å². The zero-order valence-electron chi connectivity index (χ0n) is 5.83. The normalized spacial score (nSPS) is 26.0. The smallest absolute Gasteiger partial charge is 0.0446 e. The second-order valence-corrected chi connectivity index (χ2v) is 3.76. The van der Waals surface area contributed by atoms with Gasteiger partial charge in [-0.2, -0.15) is 0 Å². The third-order valence-electron chi connectivity index (χ3n) is 2.20. The van der Waals surface area contributed by atoms with Crippen LogP contribution in [-0.2, 0) is 0 Å². The van der Waals surface area contributed by atoms with Crippen molar-refractivity contribution in [3.8, 4) is 0 Å². The quantitative estimate of drug-likeness (QED) is 0.498. The maximum absolute atomic E-state index is 6.20. The lowest BCUT2D eigenvalue weighted by molar-refractivity contribution is 0.391. The highest BCUT2D eigenvalue weighted by Crippen LogP contribution is 2.36. The minimum Gasteiger partial charge on any atom is -0.119 e. The van der Waals surface area contributed by atoms with Gasteiger partial charge in [0.25, 0.3) is 0 Å². The van der Waals surface area contributed by atoms with Gasteiger partial charge in [0.1, 0.15) is 0 Å². The van der Waals surface area contributed by atoms with Crippen LogP contribution in [0.15, 0.2) is 0 Å². The molecule has 0 heterocycles. The molecule has 0 saturated heterocycles. The van der Waals surface area contributed by atoms with Gasteiger partial charge in [-0.1, -0.05) is 26.2 Å². The highest BCUT2D eigenvalue weighted by molar-refractivity contribution is 6.24. The van der Waals surface area contributed by atoms with Gasteiger partial charge in [-0.3, -0.25) is 0 Å². The molecule has 0 amide bonds. The average molecular weight is 146 g/mol. The van der Waals surface area contributed by atoms with Gasteiger partial charge in [0.2, 0.25) is 0 Å². The van der Waals surface area contributed by atoms with E-state index >= 15 is 0 Å². The van der Waals surface area contributed by atoms with Crippen molar-refractivity contribution in [3.05, 3.63) is 6.92 Å². The van der Waals surface area contributed by atoms with Gasteiger partial charge in [-0.25, -0.2) is 0 Å². The Kier molecular flexibility index (Phi) is 2.40. The van der Waals surface area contributed by atoms with Gasteiger partial charge in [0.05, 0.1) is 0 Å². The summed E-state index contributed by atoms with van der Waals surface area (Å²) in [6, 6.07) is 0. The van der Waals surface area contributed by atoms with Crippen molar-refractivity contribution in [3.63, 3.8) is 0 Å². The Morgan fingerprint density at radius 1 is 1.22 bits per heavy atom. The Hall–Kier alpha value is 0.290. The maximum Gasteiger partial charge on any atom is 0.0446 e. The largest absolute Gasteiger partial charge is 0.119 e. The Bertz CT molecular complexity index is 82.6. The highest BCUT2D eigenvalue weighted by atomic mass is 35.5. The summed E-state index contributed by atoms with van der Waals surface area (Å²) in [5.74, 6) is 0. The Balaban J connectivity index is 2.37. The third-order valence-corrected chi connectivity index (χ3v) is 2.76. The van der Waals surface area contributed by atoms with Crippen LogP contribution in [0.5, 0.6) is 0 Å². The van der Waals surface area contributed by atoms with Gasteiger partial charge in [0.15, 0.2) is 0 Å². The lowest BCUT2D eigenvalue weighted by Crippen LogP contribution is -2.23. The van der Waals surface area contributed by atoms with E-state index in [1.807, 2.05) is 0 Å². The van der Waals surface area contributed by atoms with E-state index in [1.54, 1.807) is 0 Å². The Labute approximate surface area is 62.6 Å². The molecule has 53 valence electrons. The van der Waals surface area contributed by atoms with Gasteiger partial charge in [0, 0.05) is 4.87 Å². The van der Waals surface area contributed by atoms with E-state index in [9.17, 15) is 0 Å². The number of hydrogen-bond acceptors (Lipinski definition) is 0. The summed E-state index contributed by atoms with van der Waals surface area (Å²) in [5.41, 5.74) is 0. The number of hydrogen-bond donors (Lipinski definition) is 0. The first-order chi connectivity index (χ1) is 4.27. The molecule has 1 heteroatoms. The summed E-state index contributed by atoms with van der Waals surface area (Å²) in [6.45, 7) is 3.85. The summed E-state index contributed by atoms with van der Waals surface area (Å²) in [6.07, 6.45) is 7.23. The molecule has 0 nitrogen and oxygen atoms in total. The molecule has 0 spiro atoms. The predicted octanol–water partition coefficient (Wildman–Crippen LogP) is 3.15. The fourth-order valence-corrected chi connectivity index (χ4v) is 1.70. The zero-order chi connectivity index (χ0) is 6.74. The van der Waals surface area contributed by atoms with Crippen molar-refractivity contribution >= 4 is 11.6 Å². The van der Waals surface area contributed by atoms with Crippen molar-refractivity contribution in [1.29, 1.82) is 0 Å². The molecule has 1 rings (SSSR count). The molecule has 0 aromatic carbocycles. The van der Waals surface area contributed by atoms with Crippen molar-refractivity contribution < 1.29 is 0 Å². The average Bonchev–Trinajstić information content (AvgIpc) is 1.90. The number of halogens is 1. The van der Waals surface area contributed by atoms with E-state index in [4.69, 9.17) is 11.6 Å². The van der Waals surface area contributed by atoms with Crippen LogP contribution in [0.25, 0.3) is 0 Å². The molecular formula is C8H14Cl. The van der Waals surface area contributed by atoms with Crippen molar-refractivity contribution in [1.82, 2.24) is 0 Å². The lowest BCUT2D eigenvalue weighted by atomic mass is 9.87. The molecule has 9 heavy (non-hydrogen) atoms. The van der Waals surface area contributed by atoms with E-state index in [2.05, 4.69) is 6.92 Å². The van der Waals surface area contributed by atoms with Crippen LogP contribution >= 0.6 is 11.6 Å². The first-order valence-electron chi connectivity index (χ1n) is 3.75.